The molecule has 1 saturated heterocycles. The molecule has 1 amide bonds. The quantitative estimate of drug-likeness (QED) is 0.635. The Bertz CT molecular complexity index is 212. The van der Waals surface area contributed by atoms with Crippen LogP contribution < -0.4 is 4.90 Å². The van der Waals surface area contributed by atoms with Crippen LogP contribution in [-0.4, -0.2) is 43.5 Å². The molecule has 2 aliphatic rings. The second-order valence-corrected chi connectivity index (χ2v) is 5.27. The van der Waals surface area contributed by atoms with E-state index in [0.717, 1.165) is 44.5 Å². The van der Waals surface area contributed by atoms with Crippen LogP contribution in [0.5, 0.6) is 0 Å². The fourth-order valence-corrected chi connectivity index (χ4v) is 3.13. The Morgan fingerprint density at radius 2 is 2.00 bits per heavy atom. The average molecular weight is 211 g/mol. The summed E-state index contributed by atoms with van der Waals surface area (Å²) in [5.41, 5.74) is 0. The van der Waals surface area contributed by atoms with Crippen LogP contribution in [0, 0.1) is 5.92 Å². The molecule has 2 fully saturated rings. The van der Waals surface area contributed by atoms with Gasteiger partial charge in [-0.2, -0.15) is 0 Å². The van der Waals surface area contributed by atoms with Gasteiger partial charge in [-0.05, 0) is 18.8 Å². The maximum Gasteiger partial charge on any atom is 0.210 e. The van der Waals surface area contributed by atoms with E-state index < -0.39 is 0 Å². The van der Waals surface area contributed by atoms with E-state index in [-0.39, 0.29) is 0 Å². The number of carbonyl (C=O) groups excluding carboxylic acids is 1. The summed E-state index contributed by atoms with van der Waals surface area (Å²) in [4.78, 5) is 14.3. The number of hydrogen-bond donors (Lipinski definition) is 1. The number of rotatable bonds is 2. The van der Waals surface area contributed by atoms with Crippen LogP contribution in [0.2, 0.25) is 0 Å². The molecule has 3 nitrogen and oxygen atoms in total. The number of quaternary nitrogens is 1. The molecular weight excluding hydrogens is 188 g/mol. The van der Waals surface area contributed by atoms with Gasteiger partial charge >= 0.3 is 0 Å². The van der Waals surface area contributed by atoms with Gasteiger partial charge in [0.1, 0.15) is 0 Å². The molecule has 1 saturated carbocycles. The van der Waals surface area contributed by atoms with Gasteiger partial charge in [-0.3, -0.25) is 4.79 Å². The molecule has 0 aromatic heterocycles. The van der Waals surface area contributed by atoms with Crippen molar-refractivity contribution in [3.05, 3.63) is 0 Å². The first-order chi connectivity index (χ1) is 7.29. The Morgan fingerprint density at radius 1 is 1.27 bits per heavy atom. The lowest BCUT2D eigenvalue weighted by atomic mass is 9.86. The van der Waals surface area contributed by atoms with Gasteiger partial charge < -0.3 is 9.80 Å². The Hall–Kier alpha value is -0.570. The second-order valence-electron chi connectivity index (χ2n) is 5.27. The molecule has 1 heterocycles. The van der Waals surface area contributed by atoms with Gasteiger partial charge in [0.15, 0.2) is 0 Å². The maximum absolute atomic E-state index is 10.6. The molecule has 2 rings (SSSR count). The summed E-state index contributed by atoms with van der Waals surface area (Å²) in [5.74, 6) is 0.917. The van der Waals surface area contributed by atoms with Crippen molar-refractivity contribution in [2.24, 2.45) is 5.92 Å². The maximum atomic E-state index is 10.6. The Morgan fingerprint density at radius 3 is 2.60 bits per heavy atom. The van der Waals surface area contributed by atoms with Crippen molar-refractivity contribution in [3.63, 3.8) is 0 Å². The standard InChI is InChI=1S/C12H22N2O/c1-11-3-2-4-12(9-11)14-7-5-13(10-15)6-8-14/h10-12H,2-9H2,1H3/p+1/t11-,12+/m0/s1. The minimum absolute atomic E-state index is 0.877. The average Bonchev–Trinajstić information content (AvgIpc) is 2.29. The molecule has 1 N–H and O–H groups in total. The van der Waals surface area contributed by atoms with E-state index in [1.54, 1.807) is 4.90 Å². The summed E-state index contributed by atoms with van der Waals surface area (Å²) in [6, 6.07) is 0.877. The topological polar surface area (TPSA) is 24.8 Å². The Balaban J connectivity index is 1.81. The van der Waals surface area contributed by atoms with Gasteiger partial charge in [0.25, 0.3) is 0 Å². The van der Waals surface area contributed by atoms with Gasteiger partial charge in [0, 0.05) is 6.42 Å². The van der Waals surface area contributed by atoms with Gasteiger partial charge in [0.2, 0.25) is 6.41 Å². The molecular formula is C12H23N2O+. The van der Waals surface area contributed by atoms with Crippen molar-refractivity contribution < 1.29 is 9.69 Å². The predicted octanol–water partition coefficient (Wildman–Crippen LogP) is -0.0780. The molecule has 2 atom stereocenters. The van der Waals surface area contributed by atoms with Crippen LogP contribution >= 0.6 is 0 Å². The van der Waals surface area contributed by atoms with Gasteiger partial charge in [-0.15, -0.1) is 0 Å². The fourth-order valence-electron chi connectivity index (χ4n) is 3.13. The lowest BCUT2D eigenvalue weighted by Gasteiger charge is -2.38. The lowest BCUT2D eigenvalue weighted by molar-refractivity contribution is -0.930. The van der Waals surface area contributed by atoms with E-state index in [1.807, 2.05) is 4.90 Å². The van der Waals surface area contributed by atoms with Crippen molar-refractivity contribution in [2.75, 3.05) is 26.2 Å². The van der Waals surface area contributed by atoms with Crippen molar-refractivity contribution in [3.8, 4) is 0 Å². The SMILES string of the molecule is C[C@H]1CCC[C@@H]([NH+]2CCN(C=O)CC2)C1. The number of piperazine rings is 1. The zero-order valence-electron chi connectivity index (χ0n) is 9.74. The van der Waals surface area contributed by atoms with Gasteiger partial charge in [-0.25, -0.2) is 0 Å². The molecule has 0 radical (unpaired) electrons. The molecule has 0 bridgehead atoms. The van der Waals surface area contributed by atoms with Crippen LogP contribution in [0.1, 0.15) is 32.6 Å². The van der Waals surface area contributed by atoms with E-state index in [0.29, 0.717) is 0 Å². The zero-order chi connectivity index (χ0) is 10.7. The lowest BCUT2D eigenvalue weighted by Crippen LogP contribution is -3.18. The third-order valence-electron chi connectivity index (χ3n) is 4.10. The monoisotopic (exact) mass is 211 g/mol. The van der Waals surface area contributed by atoms with E-state index in [2.05, 4.69) is 6.92 Å². The van der Waals surface area contributed by atoms with Crippen LogP contribution in [0.3, 0.4) is 0 Å². The minimum atomic E-state index is 0.877. The van der Waals surface area contributed by atoms with Gasteiger partial charge in [-0.1, -0.05) is 13.3 Å². The minimum Gasteiger partial charge on any atom is -0.334 e. The van der Waals surface area contributed by atoms with Crippen LogP contribution in [0.4, 0.5) is 0 Å². The van der Waals surface area contributed by atoms with Crippen molar-refractivity contribution in [1.29, 1.82) is 0 Å². The van der Waals surface area contributed by atoms with E-state index >= 15 is 0 Å². The highest BCUT2D eigenvalue weighted by Gasteiger charge is 2.30. The molecule has 3 heteroatoms. The zero-order valence-corrected chi connectivity index (χ0v) is 9.74. The first-order valence-corrected chi connectivity index (χ1v) is 6.33. The first kappa shape index (κ1) is 10.9. The highest BCUT2D eigenvalue weighted by atomic mass is 16.1. The van der Waals surface area contributed by atoms with E-state index in [4.69, 9.17) is 0 Å². The molecule has 1 aliphatic carbocycles. The summed E-state index contributed by atoms with van der Waals surface area (Å²) in [6.07, 6.45) is 6.63. The van der Waals surface area contributed by atoms with Crippen molar-refractivity contribution in [1.82, 2.24) is 4.90 Å². The number of amides is 1. The number of nitrogens with zero attached hydrogens (tertiary/aromatic N) is 1. The third kappa shape index (κ3) is 2.71. The number of carbonyl (C=O) groups is 1. The largest absolute Gasteiger partial charge is 0.334 e. The smallest absolute Gasteiger partial charge is 0.210 e. The van der Waals surface area contributed by atoms with Crippen LogP contribution in [-0.2, 0) is 4.79 Å². The molecule has 0 aromatic rings. The van der Waals surface area contributed by atoms with E-state index in [1.165, 1.54) is 25.7 Å². The Kier molecular flexibility index (Phi) is 3.62. The predicted molar refractivity (Wildman–Crippen MR) is 59.8 cm³/mol. The first-order valence-electron chi connectivity index (χ1n) is 6.33. The molecule has 0 aromatic carbocycles. The van der Waals surface area contributed by atoms with Gasteiger partial charge in [0.05, 0.1) is 32.2 Å². The van der Waals surface area contributed by atoms with Crippen molar-refractivity contribution >= 4 is 6.41 Å². The summed E-state index contributed by atoms with van der Waals surface area (Å²) >= 11 is 0. The Labute approximate surface area is 92.4 Å². The van der Waals surface area contributed by atoms with Crippen LogP contribution in [0.15, 0.2) is 0 Å². The molecule has 86 valence electrons. The normalized spacial score (nSPS) is 34.1. The number of hydrogen-bond acceptors (Lipinski definition) is 1. The summed E-state index contributed by atoms with van der Waals surface area (Å²) in [7, 11) is 0. The third-order valence-corrected chi connectivity index (χ3v) is 4.10. The summed E-state index contributed by atoms with van der Waals surface area (Å²) < 4.78 is 0. The fraction of sp³-hybridized carbons (Fsp3) is 0.917. The second kappa shape index (κ2) is 4.97. The molecule has 1 aliphatic heterocycles. The van der Waals surface area contributed by atoms with Crippen LogP contribution in [0.25, 0.3) is 0 Å². The van der Waals surface area contributed by atoms with E-state index in [9.17, 15) is 4.79 Å². The number of nitrogens with one attached hydrogen (secondary N) is 1. The van der Waals surface area contributed by atoms with Crippen molar-refractivity contribution in [2.45, 2.75) is 38.6 Å². The summed E-state index contributed by atoms with van der Waals surface area (Å²) in [5, 5.41) is 0. The molecule has 0 spiro atoms. The highest BCUT2D eigenvalue weighted by molar-refractivity contribution is 5.46. The highest BCUT2D eigenvalue weighted by Crippen LogP contribution is 2.21. The molecule has 15 heavy (non-hydrogen) atoms. The summed E-state index contributed by atoms with van der Waals surface area (Å²) in [6.45, 7) is 6.63. The molecule has 0 unspecified atom stereocenters.